The number of nitrogens with one attached hydrogen (secondary N) is 2. The minimum absolute atomic E-state index is 0.0549. The quantitative estimate of drug-likeness (QED) is 0.368. The van der Waals surface area contributed by atoms with Crippen LogP contribution in [0, 0.1) is 28.8 Å². The second-order valence-corrected chi connectivity index (χ2v) is 10.7. The van der Waals surface area contributed by atoms with Gasteiger partial charge in [-0.15, -0.1) is 0 Å². The minimum Gasteiger partial charge on any atom is -0.348 e. The van der Waals surface area contributed by atoms with Crippen LogP contribution in [-0.2, 0) is 15.0 Å². The number of pyridine rings is 1. The van der Waals surface area contributed by atoms with Crippen molar-refractivity contribution in [3.8, 4) is 6.07 Å². The van der Waals surface area contributed by atoms with Gasteiger partial charge in [0.05, 0.1) is 23.0 Å². The maximum absolute atomic E-state index is 15.0. The molecule has 3 amide bonds. The van der Waals surface area contributed by atoms with Gasteiger partial charge >= 0.3 is 0 Å². The number of aromatic amines is 1. The number of anilines is 1. The van der Waals surface area contributed by atoms with E-state index in [4.69, 9.17) is 0 Å². The van der Waals surface area contributed by atoms with Crippen LogP contribution >= 0.6 is 0 Å². The van der Waals surface area contributed by atoms with Crippen LogP contribution in [0.5, 0.6) is 0 Å². The number of rotatable bonds is 5. The molecule has 2 aliphatic rings. The van der Waals surface area contributed by atoms with Crippen LogP contribution < -0.4 is 5.32 Å². The highest BCUT2D eigenvalue weighted by molar-refractivity contribution is 6.07. The maximum Gasteiger partial charge on any atom is 0.270 e. The number of nitrogens with zero attached hydrogens (tertiary/aromatic N) is 4. The van der Waals surface area contributed by atoms with Crippen LogP contribution in [-0.4, -0.2) is 68.8 Å². The molecule has 0 unspecified atom stereocenters. The molecule has 40 heavy (non-hydrogen) atoms. The number of fused-ring (bicyclic) bond motifs is 3. The third-order valence-corrected chi connectivity index (χ3v) is 7.47. The van der Waals surface area contributed by atoms with E-state index in [9.17, 15) is 37.2 Å². The molecule has 1 fully saturated rings. The summed E-state index contributed by atoms with van der Waals surface area (Å²) in [6, 6.07) is 4.08. The molecule has 2 N–H and O–H groups in total. The van der Waals surface area contributed by atoms with Gasteiger partial charge in [-0.05, 0) is 32.0 Å². The molecule has 1 spiro atoms. The summed E-state index contributed by atoms with van der Waals surface area (Å²) in [7, 11) is 1.21. The fraction of sp³-hybridized carbons (Fsp3) is 0.370. The summed E-state index contributed by atoms with van der Waals surface area (Å²) in [5.41, 5.74) is -3.36. The lowest BCUT2D eigenvalue weighted by molar-refractivity contribution is -0.137. The zero-order chi connectivity index (χ0) is 29.1. The third-order valence-electron chi connectivity index (χ3n) is 7.47. The Morgan fingerprint density at radius 2 is 2.02 bits per heavy atom. The lowest BCUT2D eigenvalue weighted by Gasteiger charge is -2.34. The lowest BCUT2D eigenvalue weighted by Crippen LogP contribution is -2.53. The first-order chi connectivity index (χ1) is 18.8. The molecule has 4 heterocycles. The van der Waals surface area contributed by atoms with Gasteiger partial charge in [0, 0.05) is 44.1 Å². The van der Waals surface area contributed by atoms with E-state index in [1.165, 1.54) is 27.1 Å². The van der Waals surface area contributed by atoms with Crippen LogP contribution in [0.2, 0.25) is 0 Å². The average molecular weight is 557 g/mol. The van der Waals surface area contributed by atoms with E-state index < -0.39 is 70.3 Å². The molecule has 13 heteroatoms. The molecule has 3 atom stereocenters. The second kappa shape index (κ2) is 9.32. The molecule has 2 aromatic heterocycles. The molecular weight excluding hydrogens is 532 g/mol. The zero-order valence-electron chi connectivity index (χ0n) is 21.7. The number of alkyl halides is 1. The zero-order valence-corrected chi connectivity index (χ0v) is 21.7. The minimum atomic E-state index is -1.96. The molecule has 3 aromatic rings. The Hall–Kier alpha value is -4.47. The standard InChI is InChI=1S/C27H24F4N6O3/c1-26(2,31)10-19(36(3)23(38)18-7-14-15(28)8-16(29)20(30)21(14)34-18)24(39)37-12-27(9-13(37)11-32)22-17(35-25(27)40)5-4-6-33-22/h4-8,13,19,34H,9-10,12H2,1-3H3,(H,35,40)/t13-,19-,27-/m0/s1. The van der Waals surface area contributed by atoms with Crippen LogP contribution in [0.3, 0.4) is 0 Å². The molecule has 1 saturated heterocycles. The highest BCUT2D eigenvalue weighted by atomic mass is 19.2. The highest BCUT2D eigenvalue weighted by Crippen LogP contribution is 2.45. The van der Waals surface area contributed by atoms with E-state index in [1.807, 2.05) is 6.07 Å². The van der Waals surface area contributed by atoms with Crippen molar-refractivity contribution in [3.63, 3.8) is 0 Å². The van der Waals surface area contributed by atoms with Crippen LogP contribution in [0.15, 0.2) is 30.5 Å². The van der Waals surface area contributed by atoms with Gasteiger partial charge in [0.15, 0.2) is 11.6 Å². The van der Waals surface area contributed by atoms with Gasteiger partial charge in [-0.1, -0.05) is 0 Å². The summed E-state index contributed by atoms with van der Waals surface area (Å²) in [5.74, 6) is -6.10. The largest absolute Gasteiger partial charge is 0.348 e. The third kappa shape index (κ3) is 4.24. The van der Waals surface area contributed by atoms with Crippen molar-refractivity contribution in [2.45, 2.75) is 49.9 Å². The van der Waals surface area contributed by atoms with Crippen molar-refractivity contribution in [2.24, 2.45) is 0 Å². The van der Waals surface area contributed by atoms with E-state index in [2.05, 4.69) is 15.3 Å². The molecular formula is C27H24F4N6O3. The van der Waals surface area contributed by atoms with Gasteiger partial charge in [-0.25, -0.2) is 17.6 Å². The maximum atomic E-state index is 15.0. The Bertz CT molecular complexity index is 1610. The van der Waals surface area contributed by atoms with E-state index in [0.29, 0.717) is 17.4 Å². The van der Waals surface area contributed by atoms with E-state index in [1.54, 1.807) is 12.1 Å². The van der Waals surface area contributed by atoms with E-state index in [0.717, 1.165) is 15.9 Å². The van der Waals surface area contributed by atoms with Gasteiger partial charge in [0.2, 0.25) is 11.8 Å². The molecule has 0 bridgehead atoms. The molecule has 0 saturated carbocycles. The second-order valence-electron chi connectivity index (χ2n) is 10.7. The van der Waals surface area contributed by atoms with Gasteiger partial charge < -0.3 is 20.1 Å². The number of likely N-dealkylation sites (tertiary alicyclic amines) is 1. The molecule has 0 aliphatic carbocycles. The van der Waals surface area contributed by atoms with Gasteiger partial charge in [0.1, 0.15) is 34.7 Å². The van der Waals surface area contributed by atoms with Crippen molar-refractivity contribution in [2.75, 3.05) is 18.9 Å². The molecule has 0 radical (unpaired) electrons. The number of hydrogen-bond donors (Lipinski definition) is 2. The predicted molar refractivity (Wildman–Crippen MR) is 134 cm³/mol. The Morgan fingerprint density at radius 1 is 1.30 bits per heavy atom. The molecule has 1 aromatic carbocycles. The van der Waals surface area contributed by atoms with Crippen LogP contribution in [0.4, 0.5) is 23.2 Å². The van der Waals surface area contributed by atoms with Crippen molar-refractivity contribution in [3.05, 3.63) is 59.3 Å². The summed E-state index contributed by atoms with van der Waals surface area (Å²) < 4.78 is 57.2. The topological polar surface area (TPSA) is 122 Å². The SMILES string of the molecule is CN(C(=O)c1cc2c(F)cc(F)c(F)c2[nH]1)[C@@H](CC(C)(C)F)C(=O)N1C[C@]2(C[C@H]1C#N)C(=O)Nc1cccnc12. The Labute approximate surface area is 225 Å². The number of benzene rings is 1. The summed E-state index contributed by atoms with van der Waals surface area (Å²) in [6.07, 6.45) is 0.945. The van der Waals surface area contributed by atoms with Crippen LogP contribution in [0.1, 0.15) is 42.9 Å². The summed E-state index contributed by atoms with van der Waals surface area (Å²) in [4.78, 5) is 49.1. The first kappa shape index (κ1) is 27.1. The lowest BCUT2D eigenvalue weighted by atomic mass is 9.83. The number of H-pyrrole nitrogens is 1. The predicted octanol–water partition coefficient (Wildman–Crippen LogP) is 3.57. The first-order valence-electron chi connectivity index (χ1n) is 12.4. The number of amides is 3. The monoisotopic (exact) mass is 556 g/mol. The van der Waals surface area contributed by atoms with Gasteiger partial charge in [-0.2, -0.15) is 5.26 Å². The smallest absolute Gasteiger partial charge is 0.270 e. The number of likely N-dealkylation sites (N-methyl/N-ethyl adjacent to an activating group) is 1. The Morgan fingerprint density at radius 3 is 2.70 bits per heavy atom. The van der Waals surface area contributed by atoms with Crippen molar-refractivity contribution < 1.29 is 31.9 Å². The fourth-order valence-electron chi connectivity index (χ4n) is 5.50. The Kier molecular flexibility index (Phi) is 6.32. The number of hydrogen-bond acceptors (Lipinski definition) is 5. The van der Waals surface area contributed by atoms with Crippen molar-refractivity contribution in [1.82, 2.24) is 19.8 Å². The number of carbonyl (C=O) groups is 3. The number of halogens is 4. The molecule has 208 valence electrons. The summed E-state index contributed by atoms with van der Waals surface area (Å²) in [6.45, 7) is 2.19. The molecule has 9 nitrogen and oxygen atoms in total. The molecule has 2 aliphatic heterocycles. The summed E-state index contributed by atoms with van der Waals surface area (Å²) in [5, 5.41) is 12.2. The number of aromatic nitrogens is 2. The summed E-state index contributed by atoms with van der Waals surface area (Å²) >= 11 is 0. The number of nitriles is 1. The normalized spacial score (nSPS) is 20.9. The highest BCUT2D eigenvalue weighted by Gasteiger charge is 2.58. The molecule has 5 rings (SSSR count). The first-order valence-corrected chi connectivity index (χ1v) is 12.4. The average Bonchev–Trinajstić information content (AvgIpc) is 3.59. The van der Waals surface area contributed by atoms with Crippen molar-refractivity contribution in [1.29, 1.82) is 5.26 Å². The van der Waals surface area contributed by atoms with E-state index in [-0.39, 0.29) is 24.0 Å². The van der Waals surface area contributed by atoms with Crippen molar-refractivity contribution >= 4 is 34.3 Å². The number of carbonyl (C=O) groups excluding carboxylic acids is 3. The van der Waals surface area contributed by atoms with Gasteiger partial charge in [0.25, 0.3) is 5.91 Å². The van der Waals surface area contributed by atoms with E-state index >= 15 is 0 Å². The van der Waals surface area contributed by atoms with Gasteiger partial charge in [-0.3, -0.25) is 19.4 Å². The fourth-order valence-corrected chi connectivity index (χ4v) is 5.50. The van der Waals surface area contributed by atoms with Crippen LogP contribution in [0.25, 0.3) is 10.9 Å². The Balaban J connectivity index is 1.50.